The average Bonchev–Trinajstić information content (AvgIpc) is 2.35. The molecule has 19 heavy (non-hydrogen) atoms. The second-order valence-corrected chi connectivity index (χ2v) is 5.56. The van der Waals surface area contributed by atoms with Crippen LogP contribution in [0.2, 0.25) is 0 Å². The molecule has 1 aliphatic rings. The molecule has 0 radical (unpaired) electrons. The van der Waals surface area contributed by atoms with E-state index in [1.54, 1.807) is 0 Å². The molecule has 1 aromatic rings. The number of pyridine rings is 1. The van der Waals surface area contributed by atoms with E-state index in [1.807, 2.05) is 12.4 Å². The summed E-state index contributed by atoms with van der Waals surface area (Å²) in [5.41, 5.74) is 2.56. The van der Waals surface area contributed by atoms with Crippen molar-refractivity contribution < 1.29 is 4.74 Å². The zero-order valence-corrected chi connectivity index (χ0v) is 12.4. The van der Waals surface area contributed by atoms with Gasteiger partial charge in [0.25, 0.3) is 0 Å². The Morgan fingerprint density at radius 3 is 2.79 bits per heavy atom. The minimum absolute atomic E-state index is 0.435. The molecular formula is C16H26N2O. The van der Waals surface area contributed by atoms with Crippen molar-refractivity contribution in [2.75, 3.05) is 13.2 Å². The van der Waals surface area contributed by atoms with Crippen molar-refractivity contribution >= 4 is 0 Å². The van der Waals surface area contributed by atoms with Crippen molar-refractivity contribution in [3.05, 3.63) is 29.6 Å². The molecule has 0 saturated heterocycles. The Bertz CT molecular complexity index is 388. The van der Waals surface area contributed by atoms with Gasteiger partial charge in [-0.3, -0.25) is 4.98 Å². The van der Waals surface area contributed by atoms with Crippen LogP contribution in [0.3, 0.4) is 0 Å². The van der Waals surface area contributed by atoms with E-state index >= 15 is 0 Å². The van der Waals surface area contributed by atoms with Crippen LogP contribution in [0.4, 0.5) is 0 Å². The van der Waals surface area contributed by atoms with Gasteiger partial charge in [-0.2, -0.15) is 0 Å². The summed E-state index contributed by atoms with van der Waals surface area (Å²) < 4.78 is 5.64. The van der Waals surface area contributed by atoms with Gasteiger partial charge in [0, 0.05) is 25.0 Å². The van der Waals surface area contributed by atoms with Crippen LogP contribution in [0.5, 0.6) is 0 Å². The number of rotatable bonds is 7. The Labute approximate surface area is 116 Å². The summed E-state index contributed by atoms with van der Waals surface area (Å²) >= 11 is 0. The molecule has 1 aliphatic carbocycles. The topological polar surface area (TPSA) is 34.1 Å². The fourth-order valence-electron chi connectivity index (χ4n) is 2.92. The third-order valence-electron chi connectivity index (χ3n) is 3.91. The maximum Gasteiger partial charge on any atom is 0.0580 e. The number of aromatic nitrogens is 1. The molecule has 1 saturated carbocycles. The summed E-state index contributed by atoms with van der Waals surface area (Å²) in [6.45, 7) is 8.19. The molecule has 0 aromatic carbocycles. The number of aryl methyl sites for hydroxylation is 1. The predicted octanol–water partition coefficient (Wildman–Crippen LogP) is 3.25. The van der Waals surface area contributed by atoms with E-state index < -0.39 is 0 Å². The van der Waals surface area contributed by atoms with Crippen LogP contribution in [0, 0.1) is 12.8 Å². The normalized spacial score (nSPS) is 23.9. The third kappa shape index (κ3) is 4.02. The molecule has 0 amide bonds. The van der Waals surface area contributed by atoms with Crippen LogP contribution < -0.4 is 5.32 Å². The smallest absolute Gasteiger partial charge is 0.0580 e. The summed E-state index contributed by atoms with van der Waals surface area (Å²) in [7, 11) is 0. The fourth-order valence-corrected chi connectivity index (χ4v) is 2.92. The summed E-state index contributed by atoms with van der Waals surface area (Å²) in [5.74, 6) is 0.793. The lowest BCUT2D eigenvalue weighted by atomic mass is 9.77. The second kappa shape index (κ2) is 7.01. The minimum atomic E-state index is 0.435. The van der Waals surface area contributed by atoms with Gasteiger partial charge in [0.2, 0.25) is 0 Å². The zero-order valence-electron chi connectivity index (χ0n) is 12.4. The highest BCUT2D eigenvalue weighted by molar-refractivity contribution is 5.20. The number of hydrogen-bond acceptors (Lipinski definition) is 3. The summed E-state index contributed by atoms with van der Waals surface area (Å²) in [6, 6.07) is 2.68. The molecule has 1 fully saturated rings. The molecule has 1 N–H and O–H groups in total. The molecule has 3 nitrogen and oxygen atoms in total. The van der Waals surface area contributed by atoms with Crippen LogP contribution in [0.1, 0.15) is 50.3 Å². The molecule has 0 spiro atoms. The van der Waals surface area contributed by atoms with Gasteiger partial charge in [0.1, 0.15) is 0 Å². The quantitative estimate of drug-likeness (QED) is 0.819. The third-order valence-corrected chi connectivity index (χ3v) is 3.91. The maximum atomic E-state index is 5.64. The summed E-state index contributed by atoms with van der Waals surface area (Å²) in [6.07, 6.45) is 8.06. The fraction of sp³-hybridized carbons (Fsp3) is 0.688. The van der Waals surface area contributed by atoms with E-state index in [0.29, 0.717) is 12.1 Å². The molecule has 0 aliphatic heterocycles. The van der Waals surface area contributed by atoms with Gasteiger partial charge in [-0.1, -0.05) is 13.0 Å². The van der Waals surface area contributed by atoms with Gasteiger partial charge >= 0.3 is 0 Å². The van der Waals surface area contributed by atoms with Crippen LogP contribution in [0.25, 0.3) is 0 Å². The Hall–Kier alpha value is -0.930. The van der Waals surface area contributed by atoms with Gasteiger partial charge in [-0.05, 0) is 56.7 Å². The van der Waals surface area contributed by atoms with Gasteiger partial charge < -0.3 is 10.1 Å². The number of ether oxygens (including phenoxy) is 1. The standard InChI is InChI=1S/C16H26N2O/c1-4-18-16(14-6-12(3)10-17-11-14)9-13-7-15(8-13)19-5-2/h6,10-11,13,15-16,18H,4-5,7-9H2,1-3H3. The van der Waals surface area contributed by atoms with Crippen molar-refractivity contribution in [3.8, 4) is 0 Å². The van der Waals surface area contributed by atoms with Gasteiger partial charge in [0.05, 0.1) is 6.10 Å². The molecule has 1 unspecified atom stereocenters. The highest BCUT2D eigenvalue weighted by Crippen LogP contribution is 2.36. The Kier molecular flexibility index (Phi) is 5.34. The summed E-state index contributed by atoms with van der Waals surface area (Å²) in [5, 5.41) is 3.59. The maximum absolute atomic E-state index is 5.64. The van der Waals surface area contributed by atoms with Crippen LogP contribution >= 0.6 is 0 Å². The number of nitrogens with one attached hydrogen (secondary N) is 1. The van der Waals surface area contributed by atoms with Crippen molar-refractivity contribution in [1.82, 2.24) is 10.3 Å². The molecule has 3 heteroatoms. The summed E-state index contributed by atoms with van der Waals surface area (Å²) in [4.78, 5) is 4.32. The second-order valence-electron chi connectivity index (χ2n) is 5.56. The lowest BCUT2D eigenvalue weighted by Crippen LogP contribution is -2.34. The van der Waals surface area contributed by atoms with E-state index in [4.69, 9.17) is 4.74 Å². The monoisotopic (exact) mass is 262 g/mol. The molecular weight excluding hydrogens is 236 g/mol. The molecule has 1 heterocycles. The van der Waals surface area contributed by atoms with Gasteiger partial charge in [0.15, 0.2) is 0 Å². The first-order valence-electron chi connectivity index (χ1n) is 7.49. The Morgan fingerprint density at radius 2 is 2.16 bits per heavy atom. The SMILES string of the molecule is CCNC(CC1CC(OCC)C1)c1cncc(C)c1. The lowest BCUT2D eigenvalue weighted by Gasteiger charge is -2.37. The van der Waals surface area contributed by atoms with Crippen molar-refractivity contribution in [2.24, 2.45) is 5.92 Å². The van der Waals surface area contributed by atoms with E-state index in [2.05, 4.69) is 37.1 Å². The molecule has 2 rings (SSSR count). The molecule has 106 valence electrons. The Balaban J connectivity index is 1.90. The highest BCUT2D eigenvalue weighted by atomic mass is 16.5. The van der Waals surface area contributed by atoms with E-state index in [9.17, 15) is 0 Å². The molecule has 0 bridgehead atoms. The Morgan fingerprint density at radius 1 is 1.37 bits per heavy atom. The molecule has 1 aromatic heterocycles. The van der Waals surface area contributed by atoms with Gasteiger partial charge in [-0.15, -0.1) is 0 Å². The van der Waals surface area contributed by atoms with Crippen LogP contribution in [-0.2, 0) is 4.74 Å². The van der Waals surface area contributed by atoms with E-state index in [0.717, 1.165) is 19.1 Å². The van der Waals surface area contributed by atoms with Crippen molar-refractivity contribution in [2.45, 2.75) is 52.2 Å². The average molecular weight is 262 g/mol. The number of nitrogens with zero attached hydrogens (tertiary/aromatic N) is 1. The first-order chi connectivity index (χ1) is 9.22. The van der Waals surface area contributed by atoms with E-state index in [1.165, 1.54) is 30.4 Å². The molecule has 1 atom stereocenters. The van der Waals surface area contributed by atoms with Crippen LogP contribution in [-0.4, -0.2) is 24.2 Å². The highest BCUT2D eigenvalue weighted by Gasteiger charge is 2.31. The first-order valence-corrected chi connectivity index (χ1v) is 7.49. The lowest BCUT2D eigenvalue weighted by molar-refractivity contribution is -0.0291. The predicted molar refractivity (Wildman–Crippen MR) is 78.1 cm³/mol. The largest absolute Gasteiger partial charge is 0.378 e. The van der Waals surface area contributed by atoms with Gasteiger partial charge in [-0.25, -0.2) is 0 Å². The minimum Gasteiger partial charge on any atom is -0.378 e. The zero-order chi connectivity index (χ0) is 13.7. The van der Waals surface area contributed by atoms with E-state index in [-0.39, 0.29) is 0 Å². The van der Waals surface area contributed by atoms with Crippen molar-refractivity contribution in [1.29, 1.82) is 0 Å². The van der Waals surface area contributed by atoms with Crippen LogP contribution in [0.15, 0.2) is 18.5 Å². The first kappa shape index (κ1) is 14.5. The number of hydrogen-bond donors (Lipinski definition) is 1. The van der Waals surface area contributed by atoms with Crippen molar-refractivity contribution in [3.63, 3.8) is 0 Å².